The third-order valence-electron chi connectivity index (χ3n) is 3.66. The SMILES string of the molecule is NCc1ccccc1S(=O)(=O)N1CCCC(C(F)(F)F)C1. The van der Waals surface area contributed by atoms with Crippen LogP contribution in [0.15, 0.2) is 29.2 Å². The molecule has 8 heteroatoms. The lowest BCUT2D eigenvalue weighted by Gasteiger charge is -2.33. The number of piperidine rings is 1. The molecule has 0 aliphatic carbocycles. The van der Waals surface area contributed by atoms with Crippen molar-refractivity contribution in [3.63, 3.8) is 0 Å². The van der Waals surface area contributed by atoms with E-state index in [-0.39, 0.29) is 30.8 Å². The van der Waals surface area contributed by atoms with Crippen molar-refractivity contribution in [2.75, 3.05) is 13.1 Å². The Morgan fingerprint density at radius 3 is 2.57 bits per heavy atom. The van der Waals surface area contributed by atoms with Crippen molar-refractivity contribution in [1.82, 2.24) is 4.31 Å². The molecule has 0 saturated carbocycles. The van der Waals surface area contributed by atoms with E-state index in [0.717, 1.165) is 4.31 Å². The van der Waals surface area contributed by atoms with Gasteiger partial charge in [0.25, 0.3) is 0 Å². The molecule has 21 heavy (non-hydrogen) atoms. The number of hydrogen-bond acceptors (Lipinski definition) is 3. The smallest absolute Gasteiger partial charge is 0.326 e. The summed E-state index contributed by atoms with van der Waals surface area (Å²) in [6.07, 6.45) is -4.20. The van der Waals surface area contributed by atoms with Crippen molar-refractivity contribution in [2.45, 2.75) is 30.5 Å². The first-order valence-electron chi connectivity index (χ1n) is 6.61. The summed E-state index contributed by atoms with van der Waals surface area (Å²) < 4.78 is 64.4. The van der Waals surface area contributed by atoms with Crippen molar-refractivity contribution >= 4 is 10.0 Å². The van der Waals surface area contributed by atoms with E-state index in [1.165, 1.54) is 12.1 Å². The molecule has 1 heterocycles. The van der Waals surface area contributed by atoms with Crippen molar-refractivity contribution in [3.05, 3.63) is 29.8 Å². The Hall–Kier alpha value is -1.12. The molecule has 1 aromatic carbocycles. The first kappa shape index (κ1) is 16.3. The molecule has 0 amide bonds. The average molecular weight is 322 g/mol. The van der Waals surface area contributed by atoms with Gasteiger partial charge in [0.05, 0.1) is 10.8 Å². The first-order chi connectivity index (χ1) is 9.76. The van der Waals surface area contributed by atoms with Gasteiger partial charge in [-0.25, -0.2) is 8.42 Å². The molecule has 2 rings (SSSR count). The molecule has 4 nitrogen and oxygen atoms in total. The standard InChI is InChI=1S/C13H17F3N2O2S/c14-13(15,16)11-5-3-7-18(9-11)21(19,20)12-6-2-1-4-10(12)8-17/h1-2,4,6,11H,3,5,7-9,17H2. The summed E-state index contributed by atoms with van der Waals surface area (Å²) in [4.78, 5) is -0.00433. The van der Waals surface area contributed by atoms with Gasteiger partial charge in [-0.05, 0) is 24.5 Å². The zero-order valence-corrected chi connectivity index (χ0v) is 12.1. The van der Waals surface area contributed by atoms with Crippen molar-refractivity contribution in [1.29, 1.82) is 0 Å². The lowest BCUT2D eigenvalue weighted by atomic mass is 9.99. The maximum Gasteiger partial charge on any atom is 0.393 e. The number of alkyl halides is 3. The molecule has 2 N–H and O–H groups in total. The highest BCUT2D eigenvalue weighted by atomic mass is 32.2. The van der Waals surface area contributed by atoms with Gasteiger partial charge in [-0.3, -0.25) is 0 Å². The largest absolute Gasteiger partial charge is 0.393 e. The van der Waals surface area contributed by atoms with Crippen LogP contribution in [0.2, 0.25) is 0 Å². The molecule has 1 aromatic rings. The Bertz CT molecular complexity index is 602. The number of hydrogen-bond donors (Lipinski definition) is 1. The average Bonchev–Trinajstić information content (AvgIpc) is 2.46. The van der Waals surface area contributed by atoms with E-state index in [9.17, 15) is 21.6 Å². The van der Waals surface area contributed by atoms with E-state index in [1.54, 1.807) is 12.1 Å². The number of halogens is 3. The molecule has 0 bridgehead atoms. The predicted molar refractivity (Wildman–Crippen MR) is 71.9 cm³/mol. The highest BCUT2D eigenvalue weighted by Gasteiger charge is 2.44. The fourth-order valence-corrected chi connectivity index (χ4v) is 4.25. The second kappa shape index (κ2) is 5.94. The Labute approximate surface area is 121 Å². The summed E-state index contributed by atoms with van der Waals surface area (Å²) in [5, 5.41) is 0. The quantitative estimate of drug-likeness (QED) is 0.927. The van der Waals surface area contributed by atoms with Gasteiger partial charge in [0, 0.05) is 19.6 Å². The summed E-state index contributed by atoms with van der Waals surface area (Å²) in [6.45, 7) is -0.398. The second-order valence-electron chi connectivity index (χ2n) is 5.06. The van der Waals surface area contributed by atoms with E-state index < -0.39 is 28.7 Å². The number of nitrogens with zero attached hydrogens (tertiary/aromatic N) is 1. The van der Waals surface area contributed by atoms with Gasteiger partial charge in [0.2, 0.25) is 10.0 Å². The van der Waals surface area contributed by atoms with Crippen LogP contribution in [0.3, 0.4) is 0 Å². The molecule has 1 unspecified atom stereocenters. The Morgan fingerprint density at radius 2 is 1.95 bits per heavy atom. The summed E-state index contributed by atoms with van der Waals surface area (Å²) in [5.74, 6) is -1.61. The normalized spacial score (nSPS) is 21.4. The number of rotatable bonds is 3. The minimum Gasteiger partial charge on any atom is -0.326 e. The third-order valence-corrected chi connectivity index (χ3v) is 5.62. The second-order valence-corrected chi connectivity index (χ2v) is 6.96. The third kappa shape index (κ3) is 3.38. The Kier molecular flexibility index (Phi) is 4.60. The van der Waals surface area contributed by atoms with E-state index >= 15 is 0 Å². The van der Waals surface area contributed by atoms with Gasteiger partial charge < -0.3 is 5.73 Å². The summed E-state index contributed by atoms with van der Waals surface area (Å²) in [7, 11) is -3.94. The topological polar surface area (TPSA) is 63.4 Å². The van der Waals surface area contributed by atoms with Gasteiger partial charge in [-0.1, -0.05) is 18.2 Å². The van der Waals surface area contributed by atoms with Gasteiger partial charge in [0.15, 0.2) is 0 Å². The van der Waals surface area contributed by atoms with E-state index in [1.807, 2.05) is 0 Å². The van der Waals surface area contributed by atoms with Crippen LogP contribution in [0.4, 0.5) is 13.2 Å². The minimum atomic E-state index is -4.37. The fourth-order valence-electron chi connectivity index (χ4n) is 2.49. The van der Waals surface area contributed by atoms with Gasteiger partial charge in [0.1, 0.15) is 0 Å². The Balaban J connectivity index is 2.31. The van der Waals surface area contributed by atoms with Crippen LogP contribution in [-0.2, 0) is 16.6 Å². The molecule has 0 spiro atoms. The molecule has 118 valence electrons. The maximum absolute atomic E-state index is 12.8. The molecular weight excluding hydrogens is 305 g/mol. The maximum atomic E-state index is 12.8. The van der Waals surface area contributed by atoms with E-state index in [2.05, 4.69) is 0 Å². The molecule has 1 aliphatic rings. The molecule has 0 aromatic heterocycles. The predicted octanol–water partition coefficient (Wildman–Crippen LogP) is 2.11. The summed E-state index contributed by atoms with van der Waals surface area (Å²) in [5.41, 5.74) is 5.92. The first-order valence-corrected chi connectivity index (χ1v) is 8.05. The zero-order valence-electron chi connectivity index (χ0n) is 11.3. The molecule has 1 atom stereocenters. The highest BCUT2D eigenvalue weighted by Crippen LogP contribution is 2.35. The van der Waals surface area contributed by atoms with Crippen molar-refractivity contribution in [2.24, 2.45) is 11.7 Å². The van der Waals surface area contributed by atoms with Crippen LogP contribution in [0.5, 0.6) is 0 Å². The number of benzene rings is 1. The number of sulfonamides is 1. The van der Waals surface area contributed by atoms with E-state index in [0.29, 0.717) is 5.56 Å². The minimum absolute atomic E-state index is 0.00433. The summed E-state index contributed by atoms with van der Waals surface area (Å²) in [6, 6.07) is 6.14. The van der Waals surface area contributed by atoms with Crippen LogP contribution in [0, 0.1) is 5.92 Å². The van der Waals surface area contributed by atoms with E-state index in [4.69, 9.17) is 5.73 Å². The molecule has 1 aliphatic heterocycles. The Morgan fingerprint density at radius 1 is 1.29 bits per heavy atom. The van der Waals surface area contributed by atoms with Crippen LogP contribution >= 0.6 is 0 Å². The lowest BCUT2D eigenvalue weighted by molar-refractivity contribution is -0.182. The van der Waals surface area contributed by atoms with Gasteiger partial charge in [-0.15, -0.1) is 0 Å². The van der Waals surface area contributed by atoms with Gasteiger partial charge in [-0.2, -0.15) is 17.5 Å². The van der Waals surface area contributed by atoms with Crippen molar-refractivity contribution in [3.8, 4) is 0 Å². The van der Waals surface area contributed by atoms with Gasteiger partial charge >= 0.3 is 6.18 Å². The zero-order chi connectivity index (χ0) is 15.7. The van der Waals surface area contributed by atoms with Crippen molar-refractivity contribution < 1.29 is 21.6 Å². The van der Waals surface area contributed by atoms with Crippen LogP contribution in [0.1, 0.15) is 18.4 Å². The summed E-state index contributed by atoms with van der Waals surface area (Å²) >= 11 is 0. The molecule has 0 radical (unpaired) electrons. The molecule has 1 saturated heterocycles. The van der Waals surface area contributed by atoms with Crippen LogP contribution < -0.4 is 5.73 Å². The molecule has 1 fully saturated rings. The fraction of sp³-hybridized carbons (Fsp3) is 0.538. The highest BCUT2D eigenvalue weighted by molar-refractivity contribution is 7.89. The van der Waals surface area contributed by atoms with Crippen LogP contribution in [-0.4, -0.2) is 32.0 Å². The van der Waals surface area contributed by atoms with Crippen LogP contribution in [0.25, 0.3) is 0 Å². The lowest BCUT2D eigenvalue weighted by Crippen LogP contribution is -2.44. The number of nitrogens with two attached hydrogens (primary N) is 1. The molecular formula is C13H17F3N2O2S. The monoisotopic (exact) mass is 322 g/mol.